The van der Waals surface area contributed by atoms with Crippen LogP contribution in [0.4, 0.5) is 10.1 Å². The third-order valence-corrected chi connectivity index (χ3v) is 1.96. The molecular weight excluding hydrogens is 181 g/mol. The van der Waals surface area contributed by atoms with E-state index in [2.05, 4.69) is 4.98 Å². The first-order valence-corrected chi connectivity index (χ1v) is 4.23. The van der Waals surface area contributed by atoms with Crippen molar-refractivity contribution in [2.75, 3.05) is 5.73 Å². The number of aromatic nitrogens is 2. The Morgan fingerprint density at radius 2 is 2.21 bits per heavy atom. The van der Waals surface area contributed by atoms with Gasteiger partial charge >= 0.3 is 0 Å². The molecular formula is C10H10FN3. The minimum atomic E-state index is -0.309. The van der Waals surface area contributed by atoms with Crippen molar-refractivity contribution >= 4 is 5.69 Å². The second kappa shape index (κ2) is 3.14. The first-order valence-electron chi connectivity index (χ1n) is 4.23. The van der Waals surface area contributed by atoms with Gasteiger partial charge in [-0.1, -0.05) is 0 Å². The quantitative estimate of drug-likeness (QED) is 0.699. The monoisotopic (exact) mass is 191 g/mol. The van der Waals surface area contributed by atoms with Crippen molar-refractivity contribution in [1.82, 2.24) is 9.55 Å². The Morgan fingerprint density at radius 3 is 2.86 bits per heavy atom. The molecule has 0 bridgehead atoms. The SMILES string of the molecule is Cc1cn(-c2cc(N)ccc2F)cn1. The minimum absolute atomic E-state index is 0.309. The molecule has 0 saturated carbocycles. The molecule has 14 heavy (non-hydrogen) atoms. The number of aryl methyl sites for hydroxylation is 1. The first-order chi connectivity index (χ1) is 6.66. The van der Waals surface area contributed by atoms with E-state index in [1.807, 2.05) is 6.92 Å². The maximum atomic E-state index is 13.4. The van der Waals surface area contributed by atoms with Gasteiger partial charge in [-0.05, 0) is 25.1 Å². The van der Waals surface area contributed by atoms with Gasteiger partial charge in [-0.15, -0.1) is 0 Å². The van der Waals surface area contributed by atoms with E-state index in [4.69, 9.17) is 5.73 Å². The summed E-state index contributed by atoms with van der Waals surface area (Å²) in [5.41, 5.74) is 7.37. The zero-order chi connectivity index (χ0) is 10.1. The molecule has 0 fully saturated rings. The van der Waals surface area contributed by atoms with Crippen molar-refractivity contribution in [3.05, 3.63) is 42.2 Å². The van der Waals surface area contributed by atoms with Crippen LogP contribution in [-0.4, -0.2) is 9.55 Å². The van der Waals surface area contributed by atoms with Crippen LogP contribution in [0.2, 0.25) is 0 Å². The smallest absolute Gasteiger partial charge is 0.147 e. The number of imidazole rings is 1. The van der Waals surface area contributed by atoms with E-state index >= 15 is 0 Å². The molecule has 0 radical (unpaired) electrons. The minimum Gasteiger partial charge on any atom is -0.399 e. The van der Waals surface area contributed by atoms with Gasteiger partial charge in [0, 0.05) is 11.9 Å². The third kappa shape index (κ3) is 1.46. The summed E-state index contributed by atoms with van der Waals surface area (Å²) < 4.78 is 15.0. The van der Waals surface area contributed by atoms with E-state index in [1.165, 1.54) is 12.1 Å². The second-order valence-corrected chi connectivity index (χ2v) is 3.13. The predicted octanol–water partition coefficient (Wildman–Crippen LogP) is 1.90. The lowest BCUT2D eigenvalue weighted by molar-refractivity contribution is 0.618. The molecule has 0 aliphatic rings. The van der Waals surface area contributed by atoms with Gasteiger partial charge in [-0.2, -0.15) is 0 Å². The molecule has 4 heteroatoms. The van der Waals surface area contributed by atoms with Gasteiger partial charge in [-0.25, -0.2) is 9.37 Å². The van der Waals surface area contributed by atoms with E-state index in [-0.39, 0.29) is 5.82 Å². The van der Waals surface area contributed by atoms with Crippen LogP contribution in [-0.2, 0) is 0 Å². The number of benzene rings is 1. The highest BCUT2D eigenvalue weighted by Gasteiger charge is 2.04. The molecule has 0 unspecified atom stereocenters. The molecule has 72 valence electrons. The number of anilines is 1. The molecule has 0 aliphatic heterocycles. The lowest BCUT2D eigenvalue weighted by atomic mass is 10.2. The Hall–Kier alpha value is -1.84. The molecule has 0 saturated heterocycles. The molecule has 2 rings (SSSR count). The molecule has 1 aromatic heterocycles. The molecule has 1 heterocycles. The number of nitrogens with zero attached hydrogens (tertiary/aromatic N) is 2. The summed E-state index contributed by atoms with van der Waals surface area (Å²) in [6.07, 6.45) is 3.31. The molecule has 0 amide bonds. The fourth-order valence-corrected chi connectivity index (χ4v) is 1.28. The Labute approximate surface area is 81.0 Å². The van der Waals surface area contributed by atoms with Crippen LogP contribution in [0.5, 0.6) is 0 Å². The number of nitrogen functional groups attached to an aromatic ring is 1. The zero-order valence-corrected chi connectivity index (χ0v) is 7.74. The van der Waals surface area contributed by atoms with Gasteiger partial charge in [0.05, 0.1) is 17.7 Å². The van der Waals surface area contributed by atoms with Gasteiger partial charge < -0.3 is 10.3 Å². The number of hydrogen-bond acceptors (Lipinski definition) is 2. The third-order valence-electron chi connectivity index (χ3n) is 1.96. The molecule has 0 atom stereocenters. The van der Waals surface area contributed by atoms with Crippen molar-refractivity contribution in [3.8, 4) is 5.69 Å². The van der Waals surface area contributed by atoms with Gasteiger partial charge in [0.25, 0.3) is 0 Å². The molecule has 3 nitrogen and oxygen atoms in total. The van der Waals surface area contributed by atoms with Crippen molar-refractivity contribution in [3.63, 3.8) is 0 Å². The highest BCUT2D eigenvalue weighted by molar-refractivity contribution is 5.48. The molecule has 2 N–H and O–H groups in total. The van der Waals surface area contributed by atoms with E-state index < -0.39 is 0 Å². The van der Waals surface area contributed by atoms with Crippen LogP contribution in [0.3, 0.4) is 0 Å². The average molecular weight is 191 g/mol. The van der Waals surface area contributed by atoms with E-state index in [9.17, 15) is 4.39 Å². The van der Waals surface area contributed by atoms with Crippen LogP contribution < -0.4 is 5.73 Å². The zero-order valence-electron chi connectivity index (χ0n) is 7.74. The molecule has 1 aromatic carbocycles. The number of hydrogen-bond donors (Lipinski definition) is 1. The normalized spacial score (nSPS) is 10.4. The van der Waals surface area contributed by atoms with Gasteiger partial charge in [0.1, 0.15) is 5.82 Å². The standard InChI is InChI=1S/C10H10FN3/c1-7-5-14(6-13-7)10-4-8(12)2-3-9(10)11/h2-6H,12H2,1H3. The van der Waals surface area contributed by atoms with Crippen LogP contribution in [0.1, 0.15) is 5.69 Å². The topological polar surface area (TPSA) is 43.8 Å². The number of rotatable bonds is 1. The molecule has 2 aromatic rings. The van der Waals surface area contributed by atoms with Gasteiger partial charge in [-0.3, -0.25) is 0 Å². The van der Waals surface area contributed by atoms with E-state index in [0.717, 1.165) is 5.69 Å². The van der Waals surface area contributed by atoms with Gasteiger partial charge in [0.15, 0.2) is 0 Å². The summed E-state index contributed by atoms with van der Waals surface area (Å²) in [4.78, 5) is 4.02. The van der Waals surface area contributed by atoms with Crippen LogP contribution in [0, 0.1) is 12.7 Å². The number of halogens is 1. The Balaban J connectivity index is 2.55. The lowest BCUT2D eigenvalue weighted by Gasteiger charge is -2.04. The number of nitrogens with two attached hydrogens (primary N) is 1. The lowest BCUT2D eigenvalue weighted by Crippen LogP contribution is -1.96. The Bertz CT molecular complexity index is 462. The van der Waals surface area contributed by atoms with E-state index in [0.29, 0.717) is 11.4 Å². The van der Waals surface area contributed by atoms with Crippen molar-refractivity contribution < 1.29 is 4.39 Å². The highest BCUT2D eigenvalue weighted by Crippen LogP contribution is 2.16. The van der Waals surface area contributed by atoms with Gasteiger partial charge in [0.2, 0.25) is 0 Å². The maximum Gasteiger partial charge on any atom is 0.147 e. The van der Waals surface area contributed by atoms with E-state index in [1.54, 1.807) is 23.2 Å². The fraction of sp³-hybridized carbons (Fsp3) is 0.100. The Morgan fingerprint density at radius 1 is 1.43 bits per heavy atom. The second-order valence-electron chi connectivity index (χ2n) is 3.13. The summed E-state index contributed by atoms with van der Waals surface area (Å²) in [5.74, 6) is -0.309. The van der Waals surface area contributed by atoms with Crippen LogP contribution in [0.25, 0.3) is 5.69 Å². The van der Waals surface area contributed by atoms with Crippen molar-refractivity contribution in [2.24, 2.45) is 0 Å². The van der Waals surface area contributed by atoms with Crippen LogP contribution >= 0.6 is 0 Å². The highest BCUT2D eigenvalue weighted by atomic mass is 19.1. The maximum absolute atomic E-state index is 13.4. The van der Waals surface area contributed by atoms with Crippen molar-refractivity contribution in [1.29, 1.82) is 0 Å². The summed E-state index contributed by atoms with van der Waals surface area (Å²) in [5, 5.41) is 0. The predicted molar refractivity (Wildman–Crippen MR) is 52.7 cm³/mol. The largest absolute Gasteiger partial charge is 0.399 e. The van der Waals surface area contributed by atoms with Crippen LogP contribution in [0.15, 0.2) is 30.7 Å². The molecule has 0 spiro atoms. The van der Waals surface area contributed by atoms with Crippen molar-refractivity contribution in [2.45, 2.75) is 6.92 Å². The summed E-state index contributed by atoms with van der Waals surface area (Å²) in [6.45, 7) is 1.85. The summed E-state index contributed by atoms with van der Waals surface area (Å²) in [6, 6.07) is 4.46. The molecule has 0 aliphatic carbocycles. The average Bonchev–Trinajstić information content (AvgIpc) is 2.56. The fourth-order valence-electron chi connectivity index (χ4n) is 1.28. The summed E-state index contributed by atoms with van der Waals surface area (Å²) >= 11 is 0. The summed E-state index contributed by atoms with van der Waals surface area (Å²) in [7, 11) is 0. The first kappa shape index (κ1) is 8.74. The Kier molecular flexibility index (Phi) is 1.96.